The van der Waals surface area contributed by atoms with E-state index < -0.39 is 0 Å². The number of hydrogen-bond donors (Lipinski definition) is 2. The highest BCUT2D eigenvalue weighted by atomic mass is 15.0. The summed E-state index contributed by atoms with van der Waals surface area (Å²) in [6.07, 6.45) is 0. The highest BCUT2D eigenvalue weighted by Crippen LogP contribution is 2.25. The summed E-state index contributed by atoms with van der Waals surface area (Å²) in [7, 11) is 0. The van der Waals surface area contributed by atoms with Crippen LogP contribution in [0.15, 0.2) is 36.4 Å². The van der Waals surface area contributed by atoms with Gasteiger partial charge in [0.2, 0.25) is 0 Å². The summed E-state index contributed by atoms with van der Waals surface area (Å²) < 4.78 is 0. The lowest BCUT2D eigenvalue weighted by atomic mass is 9.84. The van der Waals surface area contributed by atoms with Crippen molar-refractivity contribution in [3.05, 3.63) is 58.8 Å². The third-order valence-electron chi connectivity index (χ3n) is 3.85. The largest absolute Gasteiger partial charge is 0.369 e. The van der Waals surface area contributed by atoms with Crippen LogP contribution in [-0.4, -0.2) is 18.1 Å². The molecule has 2 aromatic rings. The Balaban J connectivity index is 1.82. The average molecular weight is 311 g/mol. The number of hydrogen-bond acceptors (Lipinski definition) is 3. The third kappa shape index (κ3) is 5.36. The van der Waals surface area contributed by atoms with E-state index in [0.29, 0.717) is 0 Å². The Labute approximate surface area is 140 Å². The molecule has 0 bridgehead atoms. The molecule has 0 spiro atoms. The first-order valence-corrected chi connectivity index (χ1v) is 8.34. The summed E-state index contributed by atoms with van der Waals surface area (Å²) >= 11 is 0. The summed E-state index contributed by atoms with van der Waals surface area (Å²) in [5, 5.41) is 6.91. The zero-order chi connectivity index (χ0) is 16.9. The summed E-state index contributed by atoms with van der Waals surface area (Å²) in [4.78, 5) is 4.50. The van der Waals surface area contributed by atoms with E-state index in [4.69, 9.17) is 0 Å². The highest BCUT2D eigenvalue weighted by molar-refractivity contribution is 5.39. The van der Waals surface area contributed by atoms with Gasteiger partial charge in [-0.3, -0.25) is 0 Å². The molecule has 3 nitrogen and oxygen atoms in total. The number of benzene rings is 1. The first-order chi connectivity index (χ1) is 10.9. The Hall–Kier alpha value is -1.87. The number of aromatic nitrogens is 1. The van der Waals surface area contributed by atoms with Crippen LogP contribution in [0.25, 0.3) is 0 Å². The Morgan fingerprint density at radius 3 is 2.43 bits per heavy atom. The lowest BCUT2D eigenvalue weighted by Gasteiger charge is -2.23. The van der Waals surface area contributed by atoms with E-state index in [1.807, 2.05) is 6.92 Å². The minimum Gasteiger partial charge on any atom is -0.369 e. The van der Waals surface area contributed by atoms with Gasteiger partial charge >= 0.3 is 0 Å². The van der Waals surface area contributed by atoms with Gasteiger partial charge in [0.1, 0.15) is 5.82 Å². The molecule has 0 radical (unpaired) electrons. The summed E-state index contributed by atoms with van der Waals surface area (Å²) in [5.74, 6) is 0.958. The van der Waals surface area contributed by atoms with Crippen molar-refractivity contribution >= 4 is 5.82 Å². The van der Waals surface area contributed by atoms with Crippen LogP contribution in [0.2, 0.25) is 0 Å². The normalized spacial score (nSPS) is 11.5. The molecule has 3 heteroatoms. The molecule has 0 aliphatic heterocycles. The van der Waals surface area contributed by atoms with Crippen LogP contribution in [0.4, 0.5) is 5.82 Å². The van der Waals surface area contributed by atoms with Crippen molar-refractivity contribution in [1.82, 2.24) is 10.3 Å². The van der Waals surface area contributed by atoms with E-state index >= 15 is 0 Å². The second-order valence-corrected chi connectivity index (χ2v) is 7.18. The Morgan fingerprint density at radius 1 is 1.00 bits per heavy atom. The van der Waals surface area contributed by atoms with Gasteiger partial charge in [-0.25, -0.2) is 4.98 Å². The molecule has 1 aromatic heterocycles. The van der Waals surface area contributed by atoms with Crippen LogP contribution in [0.5, 0.6) is 0 Å². The number of pyridine rings is 1. The number of aryl methyl sites for hydroxylation is 2. The minimum absolute atomic E-state index is 0.180. The van der Waals surface area contributed by atoms with Gasteiger partial charge in [0.15, 0.2) is 0 Å². The predicted octanol–water partition coefficient (Wildman–Crippen LogP) is 4.20. The maximum atomic E-state index is 4.50. The molecule has 2 N–H and O–H groups in total. The van der Waals surface area contributed by atoms with Gasteiger partial charge in [-0.2, -0.15) is 0 Å². The molecule has 0 fully saturated rings. The van der Waals surface area contributed by atoms with Crippen molar-refractivity contribution in [3.63, 3.8) is 0 Å². The van der Waals surface area contributed by atoms with Gasteiger partial charge in [-0.05, 0) is 48.1 Å². The molecule has 0 aliphatic carbocycles. The molecular formula is C20H29N3. The topological polar surface area (TPSA) is 37.0 Å². The Bertz CT molecular complexity index is 621. The van der Waals surface area contributed by atoms with E-state index in [9.17, 15) is 0 Å². The highest BCUT2D eigenvalue weighted by Gasteiger charge is 2.16. The molecule has 2 rings (SSSR count). The maximum Gasteiger partial charge on any atom is 0.126 e. The van der Waals surface area contributed by atoms with Crippen molar-refractivity contribution in [3.8, 4) is 0 Å². The van der Waals surface area contributed by atoms with Crippen LogP contribution in [0, 0.1) is 13.8 Å². The first-order valence-electron chi connectivity index (χ1n) is 8.34. The molecular weight excluding hydrogens is 282 g/mol. The second-order valence-electron chi connectivity index (χ2n) is 7.18. The van der Waals surface area contributed by atoms with Crippen molar-refractivity contribution in [2.45, 2.75) is 46.6 Å². The van der Waals surface area contributed by atoms with Crippen molar-refractivity contribution < 1.29 is 0 Å². The van der Waals surface area contributed by atoms with E-state index in [1.165, 1.54) is 16.7 Å². The predicted molar refractivity (Wildman–Crippen MR) is 99.0 cm³/mol. The molecule has 23 heavy (non-hydrogen) atoms. The van der Waals surface area contributed by atoms with Gasteiger partial charge in [-0.1, -0.05) is 45.0 Å². The van der Waals surface area contributed by atoms with Gasteiger partial charge in [-0.15, -0.1) is 0 Å². The number of rotatable bonds is 6. The molecule has 0 saturated heterocycles. The van der Waals surface area contributed by atoms with Crippen molar-refractivity contribution in [2.24, 2.45) is 0 Å². The van der Waals surface area contributed by atoms with Crippen LogP contribution in [0.3, 0.4) is 0 Å². The molecule has 1 heterocycles. The molecule has 0 aliphatic rings. The number of nitrogens with zero attached hydrogens (tertiary/aromatic N) is 1. The minimum atomic E-state index is 0.180. The van der Waals surface area contributed by atoms with Crippen LogP contribution in [0.1, 0.15) is 43.2 Å². The smallest absolute Gasteiger partial charge is 0.126 e. The molecule has 124 valence electrons. The summed E-state index contributed by atoms with van der Waals surface area (Å²) in [6.45, 7) is 13.6. The van der Waals surface area contributed by atoms with E-state index in [-0.39, 0.29) is 5.41 Å². The lowest BCUT2D eigenvalue weighted by Crippen LogP contribution is -2.24. The van der Waals surface area contributed by atoms with E-state index in [1.54, 1.807) is 0 Å². The summed E-state index contributed by atoms with van der Waals surface area (Å²) in [5.41, 5.74) is 5.27. The fourth-order valence-corrected chi connectivity index (χ4v) is 2.84. The molecule has 0 amide bonds. The Morgan fingerprint density at radius 2 is 1.74 bits per heavy atom. The van der Waals surface area contributed by atoms with Crippen LogP contribution in [-0.2, 0) is 12.0 Å². The zero-order valence-electron chi connectivity index (χ0n) is 15.0. The summed E-state index contributed by atoms with van der Waals surface area (Å²) in [6, 6.07) is 12.9. The second kappa shape index (κ2) is 7.60. The van der Waals surface area contributed by atoms with Gasteiger partial charge in [0.05, 0.1) is 0 Å². The maximum absolute atomic E-state index is 4.50. The van der Waals surface area contributed by atoms with Gasteiger partial charge in [0, 0.05) is 25.3 Å². The molecule has 0 atom stereocenters. The quantitative estimate of drug-likeness (QED) is 0.785. The molecule has 0 unspecified atom stereocenters. The fraction of sp³-hybridized carbons (Fsp3) is 0.450. The fourth-order valence-electron chi connectivity index (χ4n) is 2.84. The van der Waals surface area contributed by atoms with Crippen LogP contribution < -0.4 is 10.6 Å². The molecule has 1 aromatic carbocycles. The van der Waals surface area contributed by atoms with Gasteiger partial charge < -0.3 is 10.6 Å². The van der Waals surface area contributed by atoms with Crippen molar-refractivity contribution in [2.75, 3.05) is 18.4 Å². The van der Waals surface area contributed by atoms with Crippen LogP contribution >= 0.6 is 0 Å². The van der Waals surface area contributed by atoms with E-state index in [2.05, 4.69) is 79.7 Å². The average Bonchev–Trinajstić information content (AvgIpc) is 2.45. The number of nitrogens with one attached hydrogen (secondary N) is 2. The number of anilines is 1. The lowest BCUT2D eigenvalue weighted by molar-refractivity contribution is 0.574. The van der Waals surface area contributed by atoms with Crippen molar-refractivity contribution in [1.29, 1.82) is 0 Å². The Kier molecular flexibility index (Phi) is 5.78. The SMILES string of the molecule is Cc1cc(C)nc(NCCNCc2ccccc2C(C)(C)C)c1. The third-order valence-corrected chi connectivity index (χ3v) is 3.85. The standard InChI is InChI=1S/C20H29N3/c1-15-12-16(2)23-19(13-15)22-11-10-21-14-17-8-6-7-9-18(17)20(3,4)5/h6-9,12-13,21H,10-11,14H2,1-5H3,(H,22,23). The first kappa shape index (κ1) is 17.5. The van der Waals surface area contributed by atoms with E-state index in [0.717, 1.165) is 31.1 Å². The monoisotopic (exact) mass is 311 g/mol. The zero-order valence-corrected chi connectivity index (χ0v) is 15.0. The molecule has 0 saturated carbocycles. The van der Waals surface area contributed by atoms with Gasteiger partial charge in [0.25, 0.3) is 0 Å².